The first kappa shape index (κ1) is 13.4. The van der Waals surface area contributed by atoms with Crippen molar-refractivity contribution in [2.24, 2.45) is 5.73 Å². The van der Waals surface area contributed by atoms with Crippen molar-refractivity contribution in [3.63, 3.8) is 0 Å². The van der Waals surface area contributed by atoms with E-state index in [4.69, 9.17) is 5.73 Å². The second kappa shape index (κ2) is 6.80. The Labute approximate surface area is 101 Å². The molecule has 0 radical (unpaired) electrons. The number of nitrogens with two attached hydrogens (primary N) is 1. The van der Waals surface area contributed by atoms with Gasteiger partial charge in [0, 0.05) is 19.1 Å². The molecule has 1 unspecified atom stereocenters. The number of nitrogens with one attached hydrogen (secondary N) is 2. The van der Waals surface area contributed by atoms with E-state index in [9.17, 15) is 4.79 Å². The van der Waals surface area contributed by atoms with Crippen LogP contribution in [0.2, 0.25) is 0 Å². The first-order chi connectivity index (χ1) is 8.21. The zero-order chi connectivity index (χ0) is 12.7. The van der Waals surface area contributed by atoms with Gasteiger partial charge in [0.25, 0.3) is 5.91 Å². The van der Waals surface area contributed by atoms with Gasteiger partial charge in [0.15, 0.2) is 5.69 Å². The Hall–Kier alpha value is -1.69. The molecule has 0 spiro atoms. The van der Waals surface area contributed by atoms with Crippen LogP contribution in [0.1, 0.15) is 30.8 Å². The van der Waals surface area contributed by atoms with Gasteiger partial charge in [-0.1, -0.05) is 6.92 Å². The fourth-order valence-corrected chi connectivity index (χ4v) is 1.32. The Balaban J connectivity index is 2.64. The lowest BCUT2D eigenvalue weighted by Crippen LogP contribution is -2.29. The summed E-state index contributed by atoms with van der Waals surface area (Å²) in [6.07, 6.45) is 0.913. The highest BCUT2D eigenvalue weighted by Gasteiger charge is 2.08. The third-order valence-electron chi connectivity index (χ3n) is 2.36. The number of hydrogen-bond acceptors (Lipinski definition) is 5. The van der Waals surface area contributed by atoms with Gasteiger partial charge in [-0.2, -0.15) is 0 Å². The number of amides is 1. The van der Waals surface area contributed by atoms with E-state index in [1.54, 1.807) is 12.1 Å². The van der Waals surface area contributed by atoms with Crippen LogP contribution in [0.5, 0.6) is 0 Å². The van der Waals surface area contributed by atoms with Gasteiger partial charge in [-0.05, 0) is 25.5 Å². The van der Waals surface area contributed by atoms with E-state index in [2.05, 4.69) is 20.8 Å². The normalized spacial score (nSPS) is 11.9. The number of aromatic nitrogens is 2. The minimum absolute atomic E-state index is 0.180. The van der Waals surface area contributed by atoms with Gasteiger partial charge < -0.3 is 16.4 Å². The molecule has 0 aliphatic rings. The molecule has 94 valence electrons. The van der Waals surface area contributed by atoms with Gasteiger partial charge >= 0.3 is 0 Å². The summed E-state index contributed by atoms with van der Waals surface area (Å²) < 4.78 is 0. The number of carbonyl (C=O) groups excluding carboxylic acids is 1. The second-order valence-electron chi connectivity index (χ2n) is 3.65. The van der Waals surface area contributed by atoms with Gasteiger partial charge in [0.1, 0.15) is 5.82 Å². The van der Waals surface area contributed by atoms with E-state index < -0.39 is 0 Å². The Morgan fingerprint density at radius 2 is 2.18 bits per heavy atom. The van der Waals surface area contributed by atoms with Gasteiger partial charge in [0.05, 0.1) is 0 Å². The summed E-state index contributed by atoms with van der Waals surface area (Å²) in [5.74, 6) is 0.424. The molecule has 17 heavy (non-hydrogen) atoms. The van der Waals surface area contributed by atoms with Crippen LogP contribution in [0.25, 0.3) is 0 Å². The van der Waals surface area contributed by atoms with Gasteiger partial charge in [0.2, 0.25) is 0 Å². The minimum Gasteiger partial charge on any atom is -0.365 e. The van der Waals surface area contributed by atoms with Crippen LogP contribution in [0, 0.1) is 0 Å². The predicted molar refractivity (Wildman–Crippen MR) is 66.8 cm³/mol. The molecule has 0 saturated carbocycles. The molecule has 1 atom stereocenters. The molecule has 0 aromatic carbocycles. The molecule has 1 aromatic rings. The molecule has 1 rings (SSSR count). The highest BCUT2D eigenvalue weighted by Crippen LogP contribution is 2.05. The van der Waals surface area contributed by atoms with Crippen molar-refractivity contribution in [1.29, 1.82) is 0 Å². The van der Waals surface area contributed by atoms with Crippen LogP contribution in [0.4, 0.5) is 5.82 Å². The van der Waals surface area contributed by atoms with E-state index in [0.717, 1.165) is 6.42 Å². The van der Waals surface area contributed by atoms with Crippen LogP contribution in [-0.2, 0) is 0 Å². The Bertz CT molecular complexity index is 347. The average molecular weight is 237 g/mol. The molecule has 6 nitrogen and oxygen atoms in total. The van der Waals surface area contributed by atoms with Gasteiger partial charge in [-0.25, -0.2) is 0 Å². The molecule has 0 saturated heterocycles. The average Bonchev–Trinajstić information content (AvgIpc) is 2.37. The van der Waals surface area contributed by atoms with Crippen LogP contribution in [-0.4, -0.2) is 35.2 Å². The molecule has 1 amide bonds. The summed E-state index contributed by atoms with van der Waals surface area (Å²) in [4.78, 5) is 11.4. The van der Waals surface area contributed by atoms with Crippen LogP contribution in [0.15, 0.2) is 12.1 Å². The maximum Gasteiger partial charge on any atom is 0.271 e. The molecule has 6 heteroatoms. The zero-order valence-corrected chi connectivity index (χ0v) is 10.2. The first-order valence-corrected chi connectivity index (χ1v) is 5.79. The molecular weight excluding hydrogens is 218 g/mol. The van der Waals surface area contributed by atoms with Crippen molar-refractivity contribution in [2.45, 2.75) is 26.3 Å². The molecule has 1 aromatic heterocycles. The number of nitrogens with zero attached hydrogens (tertiary/aromatic N) is 2. The van der Waals surface area contributed by atoms with Gasteiger partial charge in [-0.15, -0.1) is 10.2 Å². The largest absolute Gasteiger partial charge is 0.365 e. The summed E-state index contributed by atoms with van der Waals surface area (Å²) in [7, 11) is 0. The first-order valence-electron chi connectivity index (χ1n) is 5.79. The maximum absolute atomic E-state index is 11.4. The van der Waals surface area contributed by atoms with Crippen molar-refractivity contribution in [3.05, 3.63) is 17.8 Å². The highest BCUT2D eigenvalue weighted by molar-refractivity contribution is 5.92. The van der Waals surface area contributed by atoms with Crippen molar-refractivity contribution in [3.8, 4) is 0 Å². The second-order valence-corrected chi connectivity index (χ2v) is 3.65. The number of rotatable bonds is 6. The third kappa shape index (κ3) is 3.99. The van der Waals surface area contributed by atoms with E-state index in [-0.39, 0.29) is 11.9 Å². The Morgan fingerprint density at radius 1 is 1.41 bits per heavy atom. The lowest BCUT2D eigenvalue weighted by Gasteiger charge is -2.14. The molecule has 0 aliphatic carbocycles. The number of hydrogen-bond donors (Lipinski definition) is 3. The SMILES string of the molecule is CCNC(=O)c1ccc(NC(CC)CN)nn1. The lowest BCUT2D eigenvalue weighted by molar-refractivity contribution is 0.0950. The standard InChI is InChI=1S/C11H19N5O/c1-3-8(7-12)14-10-6-5-9(15-16-10)11(17)13-4-2/h5-6,8H,3-4,7,12H2,1-2H3,(H,13,17)(H,14,16). The quantitative estimate of drug-likeness (QED) is 0.665. The fraction of sp³-hybridized carbons (Fsp3) is 0.545. The van der Waals surface area contributed by atoms with Crippen molar-refractivity contribution < 1.29 is 4.79 Å². The van der Waals surface area contributed by atoms with E-state index in [1.165, 1.54) is 0 Å². The molecule has 1 heterocycles. The maximum atomic E-state index is 11.4. The van der Waals surface area contributed by atoms with E-state index >= 15 is 0 Å². The zero-order valence-electron chi connectivity index (χ0n) is 10.2. The Kier molecular flexibility index (Phi) is 5.35. The highest BCUT2D eigenvalue weighted by atomic mass is 16.1. The monoisotopic (exact) mass is 237 g/mol. The summed E-state index contributed by atoms with van der Waals surface area (Å²) in [5, 5.41) is 13.6. The lowest BCUT2D eigenvalue weighted by atomic mass is 10.2. The number of carbonyl (C=O) groups is 1. The molecule has 0 bridgehead atoms. The molecular formula is C11H19N5O. The summed E-state index contributed by atoms with van der Waals surface area (Å²) in [6.45, 7) is 5.01. The number of anilines is 1. The van der Waals surface area contributed by atoms with Crippen molar-refractivity contribution in [1.82, 2.24) is 15.5 Å². The van der Waals surface area contributed by atoms with Gasteiger partial charge in [-0.3, -0.25) is 4.79 Å². The summed E-state index contributed by atoms with van der Waals surface area (Å²) in [6, 6.07) is 3.55. The topological polar surface area (TPSA) is 92.9 Å². The third-order valence-corrected chi connectivity index (χ3v) is 2.36. The predicted octanol–water partition coefficient (Wildman–Crippen LogP) is 0.376. The van der Waals surface area contributed by atoms with Crippen molar-refractivity contribution in [2.75, 3.05) is 18.4 Å². The fourth-order valence-electron chi connectivity index (χ4n) is 1.32. The van der Waals surface area contributed by atoms with Crippen LogP contribution < -0.4 is 16.4 Å². The van der Waals surface area contributed by atoms with Crippen molar-refractivity contribution >= 4 is 11.7 Å². The molecule has 0 fully saturated rings. The Morgan fingerprint density at radius 3 is 2.65 bits per heavy atom. The molecule has 0 aliphatic heterocycles. The molecule has 4 N–H and O–H groups in total. The van der Waals surface area contributed by atoms with E-state index in [1.807, 2.05) is 13.8 Å². The summed E-state index contributed by atoms with van der Waals surface area (Å²) in [5.41, 5.74) is 5.89. The smallest absolute Gasteiger partial charge is 0.271 e. The van der Waals surface area contributed by atoms with Crippen LogP contribution in [0.3, 0.4) is 0 Å². The minimum atomic E-state index is -0.211. The van der Waals surface area contributed by atoms with Crippen LogP contribution >= 0.6 is 0 Å². The summed E-state index contributed by atoms with van der Waals surface area (Å²) >= 11 is 0. The van der Waals surface area contributed by atoms with E-state index in [0.29, 0.717) is 24.6 Å².